The number of amides is 1. The van der Waals surface area contributed by atoms with Gasteiger partial charge in [0.2, 0.25) is 0 Å². The number of aryl methyl sites for hydroxylation is 1. The molecule has 0 bridgehead atoms. The molecule has 0 spiro atoms. The van der Waals surface area contributed by atoms with Crippen molar-refractivity contribution in [3.8, 4) is 17.6 Å². The molecule has 1 amide bonds. The van der Waals surface area contributed by atoms with Gasteiger partial charge in [-0.1, -0.05) is 30.0 Å². The zero-order valence-corrected chi connectivity index (χ0v) is 11.7. The number of rotatable bonds is 2. The van der Waals surface area contributed by atoms with E-state index in [-0.39, 0.29) is 23.8 Å². The van der Waals surface area contributed by atoms with E-state index in [1.807, 2.05) is 13.0 Å². The number of hydrogen-bond donors (Lipinski definition) is 3. The van der Waals surface area contributed by atoms with Crippen molar-refractivity contribution < 1.29 is 9.90 Å². The van der Waals surface area contributed by atoms with Crippen LogP contribution in [0.4, 0.5) is 5.69 Å². The number of carbonyl (C=O) groups is 1. The van der Waals surface area contributed by atoms with E-state index in [0.717, 1.165) is 5.56 Å². The summed E-state index contributed by atoms with van der Waals surface area (Å²) in [5, 5.41) is 12.6. The van der Waals surface area contributed by atoms with Gasteiger partial charge in [-0.15, -0.1) is 0 Å². The fraction of sp³-hybridized carbons (Fsp3) is 0.118. The Morgan fingerprint density at radius 1 is 1.29 bits per heavy atom. The van der Waals surface area contributed by atoms with E-state index in [4.69, 9.17) is 5.73 Å². The third-order valence-electron chi connectivity index (χ3n) is 2.90. The van der Waals surface area contributed by atoms with Crippen molar-refractivity contribution in [1.82, 2.24) is 0 Å². The lowest BCUT2D eigenvalue weighted by molar-refractivity contribution is 0.102. The first-order chi connectivity index (χ1) is 10.1. The van der Waals surface area contributed by atoms with Crippen LogP contribution in [0.3, 0.4) is 0 Å². The van der Waals surface area contributed by atoms with Crippen LogP contribution < -0.4 is 11.1 Å². The molecule has 2 rings (SSSR count). The fourth-order valence-corrected chi connectivity index (χ4v) is 1.87. The molecule has 0 aliphatic rings. The first-order valence-electron chi connectivity index (χ1n) is 6.50. The highest BCUT2D eigenvalue weighted by atomic mass is 16.3. The third-order valence-corrected chi connectivity index (χ3v) is 2.90. The number of aromatic hydroxyl groups is 1. The molecule has 106 valence electrons. The Morgan fingerprint density at radius 2 is 2.05 bits per heavy atom. The van der Waals surface area contributed by atoms with E-state index < -0.39 is 0 Å². The molecule has 21 heavy (non-hydrogen) atoms. The summed E-state index contributed by atoms with van der Waals surface area (Å²) in [5.74, 6) is 5.23. The minimum Gasteiger partial charge on any atom is -0.507 e. The number of anilines is 1. The van der Waals surface area contributed by atoms with Crippen molar-refractivity contribution in [3.63, 3.8) is 0 Å². The molecular formula is C17H16N2O2. The lowest BCUT2D eigenvalue weighted by Crippen LogP contribution is -2.13. The molecule has 0 aromatic heterocycles. The fourth-order valence-electron chi connectivity index (χ4n) is 1.87. The zero-order chi connectivity index (χ0) is 15.2. The minimum absolute atomic E-state index is 0.0435. The molecule has 2 aromatic rings. The average Bonchev–Trinajstić information content (AvgIpc) is 2.46. The second-order valence-electron chi connectivity index (χ2n) is 4.53. The van der Waals surface area contributed by atoms with Gasteiger partial charge in [0.15, 0.2) is 0 Å². The molecule has 0 fully saturated rings. The maximum absolute atomic E-state index is 12.2. The van der Waals surface area contributed by atoms with E-state index in [1.54, 1.807) is 36.4 Å². The second-order valence-corrected chi connectivity index (χ2v) is 4.53. The highest BCUT2D eigenvalue weighted by Gasteiger charge is 2.12. The standard InChI is InChI=1S/C17H16N2O2/c1-12-8-9-14(16(20)11-12)17(21)19-15-7-3-2-5-13(15)6-4-10-18/h2-3,5,7-9,11,20H,10,18H2,1H3,(H,19,21). The van der Waals surface area contributed by atoms with Crippen LogP contribution in [0.25, 0.3) is 0 Å². The normalized spacial score (nSPS) is 9.62. The maximum Gasteiger partial charge on any atom is 0.259 e. The molecule has 0 saturated heterocycles. The number of benzene rings is 2. The Labute approximate surface area is 123 Å². The molecule has 0 aliphatic carbocycles. The van der Waals surface area contributed by atoms with Crippen LogP contribution in [-0.4, -0.2) is 17.6 Å². The Bertz CT molecular complexity index is 727. The molecule has 0 unspecified atom stereocenters. The number of nitrogens with two attached hydrogens (primary N) is 1. The molecule has 4 N–H and O–H groups in total. The number of phenolic OH excluding ortho intramolecular Hbond substituents is 1. The SMILES string of the molecule is Cc1ccc(C(=O)Nc2ccccc2C#CCN)c(O)c1. The van der Waals surface area contributed by atoms with Crippen LogP contribution in [0, 0.1) is 18.8 Å². The van der Waals surface area contributed by atoms with Crippen LogP contribution in [0.1, 0.15) is 21.5 Å². The summed E-state index contributed by atoms with van der Waals surface area (Å²) in [7, 11) is 0. The summed E-state index contributed by atoms with van der Waals surface area (Å²) >= 11 is 0. The van der Waals surface area contributed by atoms with Gasteiger partial charge in [0.1, 0.15) is 5.75 Å². The number of carbonyl (C=O) groups excluding carboxylic acids is 1. The van der Waals surface area contributed by atoms with Gasteiger partial charge in [-0.25, -0.2) is 0 Å². The van der Waals surface area contributed by atoms with Gasteiger partial charge in [0, 0.05) is 5.56 Å². The molecule has 4 heteroatoms. The van der Waals surface area contributed by atoms with Crippen molar-refractivity contribution in [2.45, 2.75) is 6.92 Å². The van der Waals surface area contributed by atoms with Gasteiger partial charge in [0.05, 0.1) is 17.8 Å². The number of para-hydroxylation sites is 1. The van der Waals surface area contributed by atoms with Gasteiger partial charge < -0.3 is 16.2 Å². The molecule has 2 aromatic carbocycles. The van der Waals surface area contributed by atoms with Crippen molar-refractivity contribution in [1.29, 1.82) is 0 Å². The molecule has 0 aliphatic heterocycles. The van der Waals surface area contributed by atoms with Crippen molar-refractivity contribution in [2.24, 2.45) is 5.73 Å². The van der Waals surface area contributed by atoms with Gasteiger partial charge in [-0.05, 0) is 36.8 Å². The Hall–Kier alpha value is -2.77. The quantitative estimate of drug-likeness (QED) is 0.739. The van der Waals surface area contributed by atoms with Crippen LogP contribution >= 0.6 is 0 Å². The van der Waals surface area contributed by atoms with E-state index >= 15 is 0 Å². The first kappa shape index (κ1) is 14.6. The van der Waals surface area contributed by atoms with E-state index in [9.17, 15) is 9.90 Å². The Kier molecular flexibility index (Phi) is 4.60. The predicted molar refractivity (Wildman–Crippen MR) is 83.2 cm³/mol. The Morgan fingerprint density at radius 3 is 2.76 bits per heavy atom. The molecule has 0 atom stereocenters. The topological polar surface area (TPSA) is 75.4 Å². The molecule has 4 nitrogen and oxygen atoms in total. The number of hydrogen-bond acceptors (Lipinski definition) is 3. The van der Waals surface area contributed by atoms with E-state index in [0.29, 0.717) is 11.3 Å². The lowest BCUT2D eigenvalue weighted by Gasteiger charge is -2.09. The summed E-state index contributed by atoms with van der Waals surface area (Å²) in [4.78, 5) is 12.2. The molecule has 0 heterocycles. The van der Waals surface area contributed by atoms with Gasteiger partial charge in [-0.3, -0.25) is 4.79 Å². The Balaban J connectivity index is 2.27. The number of phenols is 1. The summed E-state index contributed by atoms with van der Waals surface area (Å²) < 4.78 is 0. The van der Waals surface area contributed by atoms with Crippen LogP contribution in [0.15, 0.2) is 42.5 Å². The summed E-state index contributed by atoms with van der Waals surface area (Å²) in [5.41, 5.74) is 7.74. The maximum atomic E-state index is 12.2. The molecule has 0 radical (unpaired) electrons. The van der Waals surface area contributed by atoms with Gasteiger partial charge >= 0.3 is 0 Å². The van der Waals surface area contributed by atoms with E-state index in [1.165, 1.54) is 0 Å². The second kappa shape index (κ2) is 6.60. The first-order valence-corrected chi connectivity index (χ1v) is 6.50. The van der Waals surface area contributed by atoms with Crippen molar-refractivity contribution >= 4 is 11.6 Å². The largest absolute Gasteiger partial charge is 0.507 e. The number of nitrogens with one attached hydrogen (secondary N) is 1. The van der Waals surface area contributed by atoms with Crippen LogP contribution in [0.5, 0.6) is 5.75 Å². The molecule has 0 saturated carbocycles. The summed E-state index contributed by atoms with van der Waals surface area (Å²) in [6.45, 7) is 2.10. The van der Waals surface area contributed by atoms with Crippen LogP contribution in [0.2, 0.25) is 0 Å². The monoisotopic (exact) mass is 280 g/mol. The summed E-state index contributed by atoms with van der Waals surface area (Å²) in [6.07, 6.45) is 0. The minimum atomic E-state index is -0.380. The highest BCUT2D eigenvalue weighted by molar-refractivity contribution is 6.06. The van der Waals surface area contributed by atoms with Gasteiger partial charge in [-0.2, -0.15) is 0 Å². The predicted octanol–water partition coefficient (Wildman–Crippen LogP) is 2.26. The van der Waals surface area contributed by atoms with Crippen molar-refractivity contribution in [3.05, 3.63) is 59.2 Å². The highest BCUT2D eigenvalue weighted by Crippen LogP contribution is 2.21. The average molecular weight is 280 g/mol. The summed E-state index contributed by atoms with van der Waals surface area (Å²) in [6, 6.07) is 12.1. The molecular weight excluding hydrogens is 264 g/mol. The zero-order valence-electron chi connectivity index (χ0n) is 11.7. The smallest absolute Gasteiger partial charge is 0.259 e. The van der Waals surface area contributed by atoms with E-state index in [2.05, 4.69) is 17.2 Å². The third kappa shape index (κ3) is 3.62. The van der Waals surface area contributed by atoms with Crippen molar-refractivity contribution in [2.75, 3.05) is 11.9 Å². The van der Waals surface area contributed by atoms with Crippen LogP contribution in [-0.2, 0) is 0 Å². The van der Waals surface area contributed by atoms with Gasteiger partial charge in [0.25, 0.3) is 5.91 Å². The lowest BCUT2D eigenvalue weighted by atomic mass is 10.1.